The first kappa shape index (κ1) is 24.5. The molecule has 3 aromatic carbocycles. The van der Waals surface area contributed by atoms with Crippen LogP contribution in [0.5, 0.6) is 0 Å². The molecule has 0 saturated carbocycles. The highest BCUT2D eigenvalue weighted by molar-refractivity contribution is 9.10. The molecule has 0 fully saturated rings. The number of carbonyl (C=O) groups excluding carboxylic acids is 1. The third-order valence-electron chi connectivity index (χ3n) is 4.97. The highest BCUT2D eigenvalue weighted by Crippen LogP contribution is 2.22. The Morgan fingerprint density at radius 3 is 2.22 bits per heavy atom. The summed E-state index contributed by atoms with van der Waals surface area (Å²) in [6, 6.07) is 23.4. The van der Waals surface area contributed by atoms with Gasteiger partial charge in [0.2, 0.25) is 15.9 Å². The van der Waals surface area contributed by atoms with Crippen LogP contribution in [0.15, 0.2) is 93.1 Å². The van der Waals surface area contributed by atoms with E-state index in [1.165, 1.54) is 16.4 Å². The lowest BCUT2D eigenvalue weighted by Gasteiger charge is -2.23. The smallest absolute Gasteiger partial charge is 0.243 e. The van der Waals surface area contributed by atoms with E-state index >= 15 is 0 Å². The van der Waals surface area contributed by atoms with Gasteiger partial charge < -0.3 is 5.32 Å². The summed E-state index contributed by atoms with van der Waals surface area (Å²) in [7, 11) is -3.87. The normalized spacial score (nSPS) is 12.5. The minimum Gasteiger partial charge on any atom is -0.348 e. The second-order valence-corrected chi connectivity index (χ2v) is 11.0. The number of hydrogen-bond acceptors (Lipinski definition) is 4. The van der Waals surface area contributed by atoms with Crippen molar-refractivity contribution in [1.29, 1.82) is 0 Å². The topological polar surface area (TPSA) is 66.5 Å². The van der Waals surface area contributed by atoms with Crippen molar-refractivity contribution in [2.24, 2.45) is 0 Å². The summed E-state index contributed by atoms with van der Waals surface area (Å²) in [6.07, 6.45) is 2.01. The molecule has 1 amide bonds. The molecule has 0 unspecified atom stereocenters. The molecule has 5 nitrogen and oxygen atoms in total. The fraction of sp³-hybridized carbons (Fsp3) is 0.208. The summed E-state index contributed by atoms with van der Waals surface area (Å²) in [5.41, 5.74) is 1.77. The maximum absolute atomic E-state index is 13.3. The Labute approximate surface area is 202 Å². The highest BCUT2D eigenvalue weighted by Gasteiger charge is 2.27. The number of rotatable bonds is 9. The molecule has 168 valence electrons. The summed E-state index contributed by atoms with van der Waals surface area (Å²) in [6.45, 7) is 1.71. The van der Waals surface area contributed by atoms with Gasteiger partial charge >= 0.3 is 0 Å². The lowest BCUT2D eigenvalue weighted by Crippen LogP contribution is -2.41. The van der Waals surface area contributed by atoms with Gasteiger partial charge in [-0.15, -0.1) is 11.8 Å². The van der Waals surface area contributed by atoms with E-state index in [1.807, 2.05) is 67.8 Å². The van der Waals surface area contributed by atoms with Gasteiger partial charge in [-0.2, -0.15) is 4.31 Å². The molecular weight excluding hydrogens is 508 g/mol. The minimum atomic E-state index is -3.87. The van der Waals surface area contributed by atoms with Crippen LogP contribution >= 0.6 is 27.7 Å². The quantitative estimate of drug-likeness (QED) is 0.382. The van der Waals surface area contributed by atoms with Gasteiger partial charge in [-0.05, 0) is 60.7 Å². The Kier molecular flexibility index (Phi) is 8.53. The molecule has 32 heavy (non-hydrogen) atoms. The predicted molar refractivity (Wildman–Crippen MR) is 133 cm³/mol. The number of amides is 1. The first-order valence-corrected chi connectivity index (χ1v) is 13.5. The lowest BCUT2D eigenvalue weighted by molar-refractivity contribution is -0.122. The average molecular weight is 534 g/mol. The van der Waals surface area contributed by atoms with Crippen LogP contribution in [-0.4, -0.2) is 31.4 Å². The van der Waals surface area contributed by atoms with E-state index in [0.717, 1.165) is 20.5 Å². The van der Waals surface area contributed by atoms with Crippen molar-refractivity contribution >= 4 is 43.6 Å². The van der Waals surface area contributed by atoms with Crippen molar-refractivity contribution in [2.45, 2.75) is 29.3 Å². The fourth-order valence-electron chi connectivity index (χ4n) is 3.19. The third-order valence-corrected chi connectivity index (χ3v) is 8.04. The van der Waals surface area contributed by atoms with E-state index in [1.54, 1.807) is 23.9 Å². The van der Waals surface area contributed by atoms with Crippen molar-refractivity contribution in [1.82, 2.24) is 9.62 Å². The van der Waals surface area contributed by atoms with Crippen LogP contribution in [0.3, 0.4) is 0 Å². The maximum Gasteiger partial charge on any atom is 0.243 e. The second-order valence-electron chi connectivity index (χ2n) is 7.27. The largest absolute Gasteiger partial charge is 0.348 e. The van der Waals surface area contributed by atoms with E-state index in [4.69, 9.17) is 0 Å². The number of nitrogens with zero attached hydrogens (tertiary/aromatic N) is 1. The Bertz CT molecular complexity index is 1140. The molecule has 8 heteroatoms. The van der Waals surface area contributed by atoms with E-state index in [9.17, 15) is 13.2 Å². The van der Waals surface area contributed by atoms with E-state index < -0.39 is 10.0 Å². The molecule has 0 aliphatic heterocycles. The molecule has 3 rings (SSSR count). The summed E-state index contributed by atoms with van der Waals surface area (Å²) in [5, 5.41) is 2.92. The number of sulfonamides is 1. The van der Waals surface area contributed by atoms with Gasteiger partial charge in [0.25, 0.3) is 0 Å². The number of thioether (sulfide) groups is 1. The first-order chi connectivity index (χ1) is 15.3. The van der Waals surface area contributed by atoms with Crippen LogP contribution in [0, 0.1) is 0 Å². The van der Waals surface area contributed by atoms with Crippen LogP contribution in [0.4, 0.5) is 0 Å². The summed E-state index contributed by atoms with van der Waals surface area (Å²) in [5.74, 6) is -0.358. The molecule has 1 atom stereocenters. The molecule has 0 heterocycles. The third kappa shape index (κ3) is 6.45. The molecule has 0 aliphatic carbocycles. The molecule has 0 bridgehead atoms. The van der Waals surface area contributed by atoms with Crippen molar-refractivity contribution < 1.29 is 13.2 Å². The highest BCUT2D eigenvalue weighted by atomic mass is 79.9. The standard InChI is InChI=1S/C24H25BrN2O3S2/c1-18(20-8-12-22(31-2)13-9-20)26-24(28)17-27(16-19-6-4-3-5-7-19)32(29,30)23-14-10-21(25)11-15-23/h3-15,18H,16-17H2,1-2H3,(H,26,28)/t18-/m0/s1. The van der Waals surface area contributed by atoms with Gasteiger partial charge in [-0.25, -0.2) is 8.42 Å². The molecule has 0 spiro atoms. The van der Waals surface area contributed by atoms with Crippen LogP contribution in [0.1, 0.15) is 24.1 Å². The summed E-state index contributed by atoms with van der Waals surface area (Å²) in [4.78, 5) is 14.1. The Morgan fingerprint density at radius 2 is 1.62 bits per heavy atom. The number of carbonyl (C=O) groups is 1. The molecule has 0 aliphatic rings. The Morgan fingerprint density at radius 1 is 1.00 bits per heavy atom. The van der Waals surface area contributed by atoms with Crippen LogP contribution in [-0.2, 0) is 21.4 Å². The van der Waals surface area contributed by atoms with Crippen LogP contribution in [0.25, 0.3) is 0 Å². The summed E-state index contributed by atoms with van der Waals surface area (Å²) < 4.78 is 28.7. The van der Waals surface area contributed by atoms with Gasteiger partial charge in [0, 0.05) is 15.9 Å². The zero-order valence-electron chi connectivity index (χ0n) is 17.9. The van der Waals surface area contributed by atoms with Gasteiger partial charge in [-0.3, -0.25) is 4.79 Å². The predicted octanol–water partition coefficient (Wildman–Crippen LogP) is 5.24. The first-order valence-electron chi connectivity index (χ1n) is 10.0. The van der Waals surface area contributed by atoms with Crippen molar-refractivity contribution in [3.8, 4) is 0 Å². The van der Waals surface area contributed by atoms with Gasteiger partial charge in [-0.1, -0.05) is 58.4 Å². The lowest BCUT2D eigenvalue weighted by atomic mass is 10.1. The van der Waals surface area contributed by atoms with Gasteiger partial charge in [0.1, 0.15) is 0 Å². The monoisotopic (exact) mass is 532 g/mol. The van der Waals surface area contributed by atoms with Crippen LogP contribution in [0.2, 0.25) is 0 Å². The molecule has 0 saturated heterocycles. The van der Waals surface area contributed by atoms with E-state index in [-0.39, 0.29) is 29.9 Å². The Hall–Kier alpha value is -2.13. The second kappa shape index (κ2) is 11.1. The zero-order valence-corrected chi connectivity index (χ0v) is 21.1. The van der Waals surface area contributed by atoms with E-state index in [0.29, 0.717) is 0 Å². The Balaban J connectivity index is 1.79. The number of halogens is 1. The van der Waals surface area contributed by atoms with Gasteiger partial charge in [0.05, 0.1) is 17.5 Å². The maximum atomic E-state index is 13.3. The number of hydrogen-bond donors (Lipinski definition) is 1. The van der Waals surface area contributed by atoms with Crippen molar-refractivity contribution in [2.75, 3.05) is 12.8 Å². The molecule has 3 aromatic rings. The zero-order chi connectivity index (χ0) is 23.1. The minimum absolute atomic E-state index is 0.101. The molecule has 0 radical (unpaired) electrons. The van der Waals surface area contributed by atoms with Crippen molar-refractivity contribution in [3.63, 3.8) is 0 Å². The number of benzene rings is 3. The number of nitrogens with one attached hydrogen (secondary N) is 1. The molecule has 0 aromatic heterocycles. The average Bonchev–Trinajstić information content (AvgIpc) is 2.79. The molecule has 1 N–H and O–H groups in total. The SMILES string of the molecule is CSc1ccc([C@H](C)NC(=O)CN(Cc2ccccc2)S(=O)(=O)c2ccc(Br)cc2)cc1. The van der Waals surface area contributed by atoms with Crippen molar-refractivity contribution in [3.05, 3.63) is 94.5 Å². The summed E-state index contributed by atoms with van der Waals surface area (Å²) >= 11 is 4.98. The van der Waals surface area contributed by atoms with Gasteiger partial charge in [0.15, 0.2) is 0 Å². The molecular formula is C24H25BrN2O3S2. The fourth-order valence-corrected chi connectivity index (χ4v) is 5.25. The van der Waals surface area contributed by atoms with Crippen LogP contribution < -0.4 is 5.32 Å². The van der Waals surface area contributed by atoms with E-state index in [2.05, 4.69) is 21.2 Å².